The number of halogens is 2. The summed E-state index contributed by atoms with van der Waals surface area (Å²) in [7, 11) is 0. The van der Waals surface area contributed by atoms with Crippen molar-refractivity contribution < 1.29 is 0 Å². The summed E-state index contributed by atoms with van der Waals surface area (Å²) in [4.78, 5) is 14.8. The van der Waals surface area contributed by atoms with Crippen LogP contribution in [0.25, 0.3) is 16.7 Å². The van der Waals surface area contributed by atoms with Crippen LogP contribution in [0.5, 0.6) is 0 Å². The molecule has 0 aliphatic heterocycles. The van der Waals surface area contributed by atoms with Gasteiger partial charge in [-0.2, -0.15) is 0 Å². The second kappa shape index (κ2) is 4.19. The first-order valence-electron chi connectivity index (χ1n) is 5.32. The van der Waals surface area contributed by atoms with Crippen LogP contribution in [0.2, 0.25) is 10.0 Å². The first-order valence-corrected chi connectivity index (χ1v) is 6.07. The number of nitrogens with one attached hydrogen (secondary N) is 1. The fourth-order valence-electron chi connectivity index (χ4n) is 1.95. The molecule has 18 heavy (non-hydrogen) atoms. The van der Waals surface area contributed by atoms with Crippen LogP contribution in [0.4, 0.5) is 0 Å². The minimum atomic E-state index is -0.236. The number of H-pyrrole nitrogens is 1. The van der Waals surface area contributed by atoms with E-state index in [0.717, 1.165) is 11.0 Å². The van der Waals surface area contributed by atoms with Crippen molar-refractivity contribution in [3.8, 4) is 5.69 Å². The number of hydrogen-bond donors (Lipinski definition) is 1. The van der Waals surface area contributed by atoms with Crippen molar-refractivity contribution in [3.05, 3.63) is 63.0 Å². The fourth-order valence-corrected chi connectivity index (χ4v) is 2.32. The molecule has 0 radical (unpaired) electrons. The number of fused-ring (bicyclic) bond motifs is 1. The first kappa shape index (κ1) is 11.4. The molecule has 0 saturated heterocycles. The van der Waals surface area contributed by atoms with Crippen molar-refractivity contribution in [1.82, 2.24) is 9.55 Å². The predicted octanol–water partition coefficient (Wildman–Crippen LogP) is 3.63. The number of para-hydroxylation sites is 2. The van der Waals surface area contributed by atoms with Crippen molar-refractivity contribution in [3.63, 3.8) is 0 Å². The molecule has 3 rings (SSSR count). The smallest absolute Gasteiger partial charge is 0.305 e. The molecule has 0 saturated carbocycles. The maximum Gasteiger partial charge on any atom is 0.331 e. The summed E-state index contributed by atoms with van der Waals surface area (Å²) in [5.41, 5.74) is 1.87. The van der Waals surface area contributed by atoms with Crippen molar-refractivity contribution >= 4 is 34.2 Å². The van der Waals surface area contributed by atoms with Gasteiger partial charge >= 0.3 is 5.69 Å². The van der Waals surface area contributed by atoms with E-state index in [2.05, 4.69) is 4.98 Å². The number of rotatable bonds is 1. The van der Waals surface area contributed by atoms with Crippen molar-refractivity contribution in [2.75, 3.05) is 0 Å². The lowest BCUT2D eigenvalue weighted by Gasteiger charge is -2.06. The average Bonchev–Trinajstić information content (AvgIpc) is 2.68. The Morgan fingerprint density at radius 3 is 2.67 bits per heavy atom. The van der Waals surface area contributed by atoms with Crippen LogP contribution in [0, 0.1) is 0 Å². The third kappa shape index (κ3) is 1.72. The lowest BCUT2D eigenvalue weighted by molar-refractivity contribution is 1.02. The molecule has 0 atom stereocenters. The summed E-state index contributed by atoms with van der Waals surface area (Å²) in [5.74, 6) is 0. The highest BCUT2D eigenvalue weighted by atomic mass is 35.5. The maximum atomic E-state index is 12.0. The summed E-state index contributed by atoms with van der Waals surface area (Å²) < 4.78 is 1.52. The Morgan fingerprint density at radius 2 is 1.83 bits per heavy atom. The highest BCUT2D eigenvalue weighted by Crippen LogP contribution is 2.25. The van der Waals surface area contributed by atoms with E-state index in [1.54, 1.807) is 18.2 Å². The highest BCUT2D eigenvalue weighted by Gasteiger charge is 2.11. The minimum absolute atomic E-state index is 0.236. The molecule has 90 valence electrons. The normalized spacial score (nSPS) is 11.0. The zero-order valence-corrected chi connectivity index (χ0v) is 10.7. The van der Waals surface area contributed by atoms with Crippen molar-refractivity contribution in [2.24, 2.45) is 0 Å². The molecule has 1 N–H and O–H groups in total. The zero-order chi connectivity index (χ0) is 12.7. The largest absolute Gasteiger partial charge is 0.331 e. The molecule has 0 amide bonds. The van der Waals surface area contributed by atoms with Crippen LogP contribution in [-0.2, 0) is 0 Å². The molecule has 0 fully saturated rings. The number of nitrogens with zero attached hydrogens (tertiary/aromatic N) is 1. The molecule has 0 unspecified atom stereocenters. The molecule has 0 bridgehead atoms. The zero-order valence-electron chi connectivity index (χ0n) is 9.15. The monoisotopic (exact) mass is 278 g/mol. The lowest BCUT2D eigenvalue weighted by Crippen LogP contribution is -2.14. The summed E-state index contributed by atoms with van der Waals surface area (Å²) in [6.45, 7) is 0. The lowest BCUT2D eigenvalue weighted by atomic mass is 10.3. The molecular formula is C13H8Cl2N2O. The SMILES string of the molecule is O=c1[nH]c2ccccc2n1-c1cc(Cl)ccc1Cl. The van der Waals surface area contributed by atoms with Gasteiger partial charge in [-0.25, -0.2) is 4.79 Å². The van der Waals surface area contributed by atoms with E-state index < -0.39 is 0 Å². The van der Waals surface area contributed by atoms with Crippen LogP contribution < -0.4 is 5.69 Å². The highest BCUT2D eigenvalue weighted by molar-refractivity contribution is 6.34. The number of aromatic amines is 1. The van der Waals surface area contributed by atoms with Gasteiger partial charge in [0.15, 0.2) is 0 Å². The van der Waals surface area contributed by atoms with Gasteiger partial charge in [-0.05, 0) is 30.3 Å². The van der Waals surface area contributed by atoms with Gasteiger partial charge in [0.05, 0.1) is 21.7 Å². The van der Waals surface area contributed by atoms with E-state index in [0.29, 0.717) is 15.7 Å². The van der Waals surface area contributed by atoms with Gasteiger partial charge in [-0.3, -0.25) is 4.57 Å². The Hall–Kier alpha value is -1.71. The van der Waals surface area contributed by atoms with E-state index in [9.17, 15) is 4.79 Å². The van der Waals surface area contributed by atoms with Gasteiger partial charge in [0, 0.05) is 5.02 Å². The van der Waals surface area contributed by atoms with E-state index in [1.165, 1.54) is 4.57 Å². The molecule has 0 aliphatic rings. The summed E-state index contributed by atoms with van der Waals surface area (Å²) in [5, 5.41) is 1.01. The standard InChI is InChI=1S/C13H8Cl2N2O/c14-8-5-6-9(15)12(7-8)17-11-4-2-1-3-10(11)16-13(17)18/h1-7H,(H,16,18). The molecular weight excluding hydrogens is 271 g/mol. The molecule has 1 aromatic heterocycles. The third-order valence-electron chi connectivity index (χ3n) is 2.74. The maximum absolute atomic E-state index is 12.0. The Morgan fingerprint density at radius 1 is 1.06 bits per heavy atom. The van der Waals surface area contributed by atoms with Crippen molar-refractivity contribution in [1.29, 1.82) is 0 Å². The second-order valence-electron chi connectivity index (χ2n) is 3.88. The number of hydrogen-bond acceptors (Lipinski definition) is 1. The first-order chi connectivity index (χ1) is 8.66. The molecule has 1 heterocycles. The number of imidazole rings is 1. The summed E-state index contributed by atoms with van der Waals surface area (Å²) in [6, 6.07) is 12.5. The van der Waals surface area contributed by atoms with Crippen molar-refractivity contribution in [2.45, 2.75) is 0 Å². The van der Waals surface area contributed by atoms with E-state index in [-0.39, 0.29) is 5.69 Å². The van der Waals surface area contributed by atoms with Gasteiger partial charge in [0.2, 0.25) is 0 Å². The topological polar surface area (TPSA) is 37.8 Å². The van der Waals surface area contributed by atoms with Crippen LogP contribution in [0.15, 0.2) is 47.3 Å². The van der Waals surface area contributed by atoms with Crippen LogP contribution in [0.3, 0.4) is 0 Å². The van der Waals surface area contributed by atoms with E-state index >= 15 is 0 Å². The molecule has 2 aromatic carbocycles. The van der Waals surface area contributed by atoms with Gasteiger partial charge in [-0.15, -0.1) is 0 Å². The van der Waals surface area contributed by atoms with Crippen LogP contribution in [-0.4, -0.2) is 9.55 Å². The van der Waals surface area contributed by atoms with Gasteiger partial charge in [0.25, 0.3) is 0 Å². The predicted molar refractivity (Wildman–Crippen MR) is 73.9 cm³/mol. The Labute approximate surface area is 113 Å². The van der Waals surface area contributed by atoms with E-state index in [4.69, 9.17) is 23.2 Å². The fraction of sp³-hybridized carbons (Fsp3) is 0. The summed E-state index contributed by atoms with van der Waals surface area (Å²) in [6.07, 6.45) is 0. The Bertz CT molecular complexity index is 789. The molecule has 5 heteroatoms. The Balaban J connectivity index is 2.41. The Kier molecular flexibility index (Phi) is 2.65. The number of aromatic nitrogens is 2. The second-order valence-corrected chi connectivity index (χ2v) is 4.72. The minimum Gasteiger partial charge on any atom is -0.305 e. The van der Waals surface area contributed by atoms with Gasteiger partial charge in [0.1, 0.15) is 0 Å². The third-order valence-corrected chi connectivity index (χ3v) is 3.29. The van der Waals surface area contributed by atoms with Crippen LogP contribution >= 0.6 is 23.2 Å². The van der Waals surface area contributed by atoms with Crippen LogP contribution in [0.1, 0.15) is 0 Å². The molecule has 0 spiro atoms. The molecule has 0 aliphatic carbocycles. The molecule has 3 nitrogen and oxygen atoms in total. The van der Waals surface area contributed by atoms with E-state index in [1.807, 2.05) is 24.3 Å². The average molecular weight is 279 g/mol. The number of benzene rings is 2. The quantitative estimate of drug-likeness (QED) is 0.725. The summed E-state index contributed by atoms with van der Waals surface area (Å²) >= 11 is 12.1. The van der Waals surface area contributed by atoms with Gasteiger partial charge < -0.3 is 4.98 Å². The molecule has 3 aromatic rings. The van der Waals surface area contributed by atoms with Gasteiger partial charge in [-0.1, -0.05) is 35.3 Å².